The molecule has 1 unspecified atom stereocenters. The molecule has 0 spiro atoms. The number of hydrogen-bond acceptors (Lipinski definition) is 4. The Balaban J connectivity index is 2.51. The highest BCUT2D eigenvalue weighted by Gasteiger charge is 2.20. The predicted molar refractivity (Wildman–Crippen MR) is 36.7 cm³/mol. The van der Waals surface area contributed by atoms with Crippen molar-refractivity contribution in [3.05, 3.63) is 0 Å². The Labute approximate surface area is 59.2 Å². The zero-order valence-electron chi connectivity index (χ0n) is 6.05. The van der Waals surface area contributed by atoms with E-state index < -0.39 is 0 Å². The smallest absolute Gasteiger partial charge is 0.354 e. The first kappa shape index (κ1) is 7.05. The summed E-state index contributed by atoms with van der Waals surface area (Å²) < 4.78 is 4.47. The van der Waals surface area contributed by atoms with Crippen molar-refractivity contribution in [2.24, 2.45) is 5.10 Å². The van der Waals surface area contributed by atoms with Gasteiger partial charge in [-0.25, -0.2) is 4.79 Å². The molecular weight excluding hydrogens is 132 g/mol. The molecule has 4 nitrogen and oxygen atoms in total. The van der Waals surface area contributed by atoms with E-state index in [4.69, 9.17) is 0 Å². The molecule has 0 fully saturated rings. The standard InChI is InChI=1S/C6H10N2O2/c1-4-3-5(8-7-4)6(9)10-2/h4,7H,3H2,1-2H3. The molecule has 0 saturated heterocycles. The summed E-state index contributed by atoms with van der Waals surface area (Å²) >= 11 is 0. The van der Waals surface area contributed by atoms with Crippen molar-refractivity contribution in [1.82, 2.24) is 5.43 Å². The topological polar surface area (TPSA) is 50.7 Å². The molecule has 1 aliphatic rings. The lowest BCUT2D eigenvalue weighted by molar-refractivity contribution is -0.132. The van der Waals surface area contributed by atoms with Gasteiger partial charge in [0, 0.05) is 12.5 Å². The second-order valence-corrected chi connectivity index (χ2v) is 2.28. The number of methoxy groups -OCH3 is 1. The summed E-state index contributed by atoms with van der Waals surface area (Å²) in [5.74, 6) is -0.336. The molecule has 0 aromatic heterocycles. The largest absolute Gasteiger partial charge is 0.464 e. The molecule has 1 N–H and O–H groups in total. The quantitative estimate of drug-likeness (QED) is 0.520. The number of carbonyl (C=O) groups is 1. The van der Waals surface area contributed by atoms with Crippen LogP contribution in [0.2, 0.25) is 0 Å². The Hall–Kier alpha value is -1.06. The Morgan fingerprint density at radius 2 is 2.60 bits per heavy atom. The van der Waals surface area contributed by atoms with Crippen molar-refractivity contribution in [3.63, 3.8) is 0 Å². The zero-order valence-corrected chi connectivity index (χ0v) is 6.05. The van der Waals surface area contributed by atoms with Crippen LogP contribution in [0.25, 0.3) is 0 Å². The summed E-state index contributed by atoms with van der Waals surface area (Å²) in [5, 5.41) is 3.78. The summed E-state index contributed by atoms with van der Waals surface area (Å²) in [6, 6.07) is 0.258. The molecular formula is C6H10N2O2. The molecule has 10 heavy (non-hydrogen) atoms. The average Bonchev–Trinajstić information content (AvgIpc) is 2.34. The minimum Gasteiger partial charge on any atom is -0.464 e. The van der Waals surface area contributed by atoms with Gasteiger partial charge in [0.15, 0.2) is 0 Å². The Morgan fingerprint density at radius 3 is 3.00 bits per heavy atom. The molecule has 1 rings (SSSR count). The van der Waals surface area contributed by atoms with Crippen molar-refractivity contribution < 1.29 is 9.53 Å². The van der Waals surface area contributed by atoms with Gasteiger partial charge in [0.2, 0.25) is 0 Å². The number of nitrogens with one attached hydrogen (secondary N) is 1. The molecule has 1 heterocycles. The monoisotopic (exact) mass is 142 g/mol. The van der Waals surface area contributed by atoms with Crippen LogP contribution in [-0.4, -0.2) is 24.8 Å². The van der Waals surface area contributed by atoms with Gasteiger partial charge in [-0.15, -0.1) is 0 Å². The van der Waals surface area contributed by atoms with Crippen molar-refractivity contribution in [2.75, 3.05) is 7.11 Å². The zero-order chi connectivity index (χ0) is 7.56. The second kappa shape index (κ2) is 2.68. The van der Waals surface area contributed by atoms with Gasteiger partial charge in [-0.3, -0.25) is 0 Å². The highest BCUT2D eigenvalue weighted by atomic mass is 16.5. The van der Waals surface area contributed by atoms with Crippen molar-refractivity contribution in [3.8, 4) is 0 Å². The van der Waals surface area contributed by atoms with E-state index in [1.54, 1.807) is 0 Å². The first-order valence-corrected chi connectivity index (χ1v) is 3.14. The summed E-state index contributed by atoms with van der Waals surface area (Å²) in [6.07, 6.45) is 0.659. The Morgan fingerprint density at radius 1 is 1.90 bits per heavy atom. The fraction of sp³-hybridized carbons (Fsp3) is 0.667. The van der Waals surface area contributed by atoms with Crippen molar-refractivity contribution >= 4 is 11.7 Å². The molecule has 0 aromatic rings. The van der Waals surface area contributed by atoms with E-state index in [2.05, 4.69) is 15.3 Å². The molecule has 0 bridgehead atoms. The minimum atomic E-state index is -0.336. The second-order valence-electron chi connectivity index (χ2n) is 2.28. The maximum Gasteiger partial charge on any atom is 0.354 e. The number of hydrogen-bond donors (Lipinski definition) is 1. The summed E-state index contributed by atoms with van der Waals surface area (Å²) in [5.41, 5.74) is 3.25. The van der Waals surface area contributed by atoms with Crippen LogP contribution in [0.3, 0.4) is 0 Å². The van der Waals surface area contributed by atoms with E-state index in [-0.39, 0.29) is 12.0 Å². The molecule has 0 aromatic carbocycles. The number of rotatable bonds is 1. The third-order valence-electron chi connectivity index (χ3n) is 1.34. The Kier molecular flexibility index (Phi) is 1.89. The molecule has 4 heteroatoms. The highest BCUT2D eigenvalue weighted by molar-refractivity contribution is 6.36. The SMILES string of the molecule is COC(=O)C1=NNC(C)C1. The number of esters is 1. The van der Waals surface area contributed by atoms with Crippen LogP contribution in [0.4, 0.5) is 0 Å². The van der Waals surface area contributed by atoms with Crippen LogP contribution < -0.4 is 5.43 Å². The highest BCUT2D eigenvalue weighted by Crippen LogP contribution is 2.02. The molecule has 0 radical (unpaired) electrons. The van der Waals surface area contributed by atoms with Gasteiger partial charge >= 0.3 is 5.97 Å². The van der Waals surface area contributed by atoms with Gasteiger partial charge in [-0.1, -0.05) is 0 Å². The fourth-order valence-corrected chi connectivity index (χ4v) is 0.816. The number of hydrazone groups is 1. The van der Waals surface area contributed by atoms with E-state index in [1.165, 1.54) is 7.11 Å². The molecule has 1 aliphatic heterocycles. The molecule has 0 aliphatic carbocycles. The summed E-state index contributed by atoms with van der Waals surface area (Å²) in [6.45, 7) is 1.96. The van der Waals surface area contributed by atoms with Crippen molar-refractivity contribution in [2.45, 2.75) is 19.4 Å². The lowest BCUT2D eigenvalue weighted by Gasteiger charge is -1.97. The van der Waals surface area contributed by atoms with Crippen LogP contribution in [0.5, 0.6) is 0 Å². The van der Waals surface area contributed by atoms with Crippen LogP contribution in [0, 0.1) is 0 Å². The van der Waals surface area contributed by atoms with E-state index >= 15 is 0 Å². The van der Waals surface area contributed by atoms with Crippen molar-refractivity contribution in [1.29, 1.82) is 0 Å². The number of ether oxygens (including phenoxy) is 1. The molecule has 1 atom stereocenters. The number of carbonyl (C=O) groups excluding carboxylic acids is 1. The van der Waals surface area contributed by atoms with Crippen LogP contribution >= 0.6 is 0 Å². The summed E-state index contributed by atoms with van der Waals surface area (Å²) in [7, 11) is 1.36. The molecule has 0 amide bonds. The average molecular weight is 142 g/mol. The van der Waals surface area contributed by atoms with Gasteiger partial charge in [-0.2, -0.15) is 5.10 Å². The van der Waals surface area contributed by atoms with E-state index in [0.29, 0.717) is 12.1 Å². The summed E-state index contributed by atoms with van der Waals surface area (Å²) in [4.78, 5) is 10.8. The van der Waals surface area contributed by atoms with Crippen LogP contribution in [-0.2, 0) is 9.53 Å². The predicted octanol–water partition coefficient (Wildman–Crippen LogP) is -0.103. The lowest BCUT2D eigenvalue weighted by Crippen LogP contribution is -2.16. The maximum atomic E-state index is 10.8. The third kappa shape index (κ3) is 1.26. The minimum absolute atomic E-state index is 0.258. The molecule has 0 saturated carbocycles. The van der Waals surface area contributed by atoms with Gasteiger partial charge < -0.3 is 10.2 Å². The maximum absolute atomic E-state index is 10.8. The molecule has 56 valence electrons. The van der Waals surface area contributed by atoms with E-state index in [9.17, 15) is 4.79 Å². The first-order chi connectivity index (χ1) is 4.74. The van der Waals surface area contributed by atoms with Gasteiger partial charge in [0.1, 0.15) is 5.71 Å². The normalized spacial score (nSPS) is 23.4. The fourth-order valence-electron chi connectivity index (χ4n) is 0.816. The van der Waals surface area contributed by atoms with E-state index in [1.807, 2.05) is 6.92 Å². The third-order valence-corrected chi connectivity index (χ3v) is 1.34. The Bertz CT molecular complexity index is 177. The van der Waals surface area contributed by atoms with E-state index in [0.717, 1.165) is 0 Å². The first-order valence-electron chi connectivity index (χ1n) is 3.14. The van der Waals surface area contributed by atoms with Crippen LogP contribution in [0.15, 0.2) is 5.10 Å². The van der Waals surface area contributed by atoms with Crippen LogP contribution in [0.1, 0.15) is 13.3 Å². The lowest BCUT2D eigenvalue weighted by atomic mass is 10.2. The van der Waals surface area contributed by atoms with Gasteiger partial charge in [0.25, 0.3) is 0 Å². The van der Waals surface area contributed by atoms with Gasteiger partial charge in [0.05, 0.1) is 7.11 Å². The van der Waals surface area contributed by atoms with Gasteiger partial charge in [-0.05, 0) is 6.92 Å². The number of nitrogens with zero attached hydrogens (tertiary/aromatic N) is 1.